The Morgan fingerprint density at radius 2 is 1.56 bits per heavy atom. The van der Waals surface area contributed by atoms with Crippen LogP contribution in [0.1, 0.15) is 36.3 Å². The van der Waals surface area contributed by atoms with Crippen molar-refractivity contribution in [2.24, 2.45) is 11.8 Å². The Hall–Kier alpha value is -3.35. The summed E-state index contributed by atoms with van der Waals surface area (Å²) in [6.07, 6.45) is 1.52. The van der Waals surface area contributed by atoms with E-state index in [2.05, 4.69) is 29.6 Å². The number of carboxylic acid groups (broad SMARTS) is 1. The quantitative estimate of drug-likeness (QED) is 0.753. The Morgan fingerprint density at radius 3 is 2.19 bits per heavy atom. The maximum Gasteiger partial charge on any atom is 0.407 e. The van der Waals surface area contributed by atoms with E-state index in [0.29, 0.717) is 12.8 Å². The van der Waals surface area contributed by atoms with E-state index in [1.807, 2.05) is 24.3 Å². The maximum atomic E-state index is 12.5. The third-order valence-corrected chi connectivity index (χ3v) is 6.99. The van der Waals surface area contributed by atoms with Gasteiger partial charge < -0.3 is 20.1 Å². The zero-order valence-corrected chi connectivity index (χ0v) is 17.7. The lowest BCUT2D eigenvalue weighted by Gasteiger charge is -2.38. The van der Waals surface area contributed by atoms with Gasteiger partial charge in [0.25, 0.3) is 0 Å². The summed E-state index contributed by atoms with van der Waals surface area (Å²) in [5, 5.41) is 11.9. The second kappa shape index (κ2) is 8.30. The molecule has 7 heteroatoms. The summed E-state index contributed by atoms with van der Waals surface area (Å²) in [5.74, 6) is -1.45. The molecule has 32 heavy (non-hydrogen) atoms. The van der Waals surface area contributed by atoms with Gasteiger partial charge in [-0.05, 0) is 41.5 Å². The minimum Gasteiger partial charge on any atom is -0.481 e. The number of hydrogen-bond donors (Lipinski definition) is 2. The van der Waals surface area contributed by atoms with Gasteiger partial charge in [-0.1, -0.05) is 48.5 Å². The Morgan fingerprint density at radius 1 is 0.938 bits per heavy atom. The largest absolute Gasteiger partial charge is 0.481 e. The van der Waals surface area contributed by atoms with Crippen LogP contribution >= 0.6 is 0 Å². The highest BCUT2D eigenvalue weighted by molar-refractivity contribution is 5.83. The summed E-state index contributed by atoms with van der Waals surface area (Å²) in [6.45, 7) is 0.837. The molecule has 2 N–H and O–H groups in total. The van der Waals surface area contributed by atoms with Crippen LogP contribution in [-0.2, 0) is 14.3 Å². The number of carboxylic acids is 1. The molecular formula is C25H26N2O5. The topological polar surface area (TPSA) is 95.9 Å². The van der Waals surface area contributed by atoms with Crippen molar-refractivity contribution >= 4 is 18.0 Å². The average Bonchev–Trinajstić information content (AvgIpc) is 3.33. The standard InChI is InChI=1S/C25H26N2O5/c28-23(27-12-16(13-27)24(29)30)15-9-10-17(11-15)26-25(31)32-14-22-20-7-3-1-5-18(20)19-6-2-4-8-21(19)22/h1-8,15-17,22H,9-14H2,(H,26,31)(H,29,30)/t15-,17+/m1/s1. The number of amides is 2. The van der Waals surface area contributed by atoms with E-state index in [-0.39, 0.29) is 43.5 Å². The number of carbonyl (C=O) groups excluding carboxylic acids is 2. The molecule has 2 aromatic rings. The first-order valence-corrected chi connectivity index (χ1v) is 11.1. The number of fused-ring (bicyclic) bond motifs is 3. The van der Waals surface area contributed by atoms with Gasteiger partial charge in [0, 0.05) is 31.0 Å². The van der Waals surface area contributed by atoms with Crippen LogP contribution < -0.4 is 5.32 Å². The molecular weight excluding hydrogens is 408 g/mol. The second-order valence-electron chi connectivity index (χ2n) is 8.96. The number of aliphatic carboxylic acids is 1. The molecule has 0 radical (unpaired) electrons. The first-order chi connectivity index (χ1) is 15.5. The van der Waals surface area contributed by atoms with Crippen molar-refractivity contribution in [2.45, 2.75) is 31.2 Å². The Kier molecular flexibility index (Phi) is 5.33. The fourth-order valence-electron chi connectivity index (χ4n) is 5.22. The zero-order valence-electron chi connectivity index (χ0n) is 17.7. The number of alkyl carbamates (subject to hydrolysis) is 1. The molecule has 2 amide bonds. The minimum absolute atomic E-state index is 0.000614. The van der Waals surface area contributed by atoms with E-state index in [4.69, 9.17) is 9.84 Å². The lowest BCUT2D eigenvalue weighted by Crippen LogP contribution is -2.54. The lowest BCUT2D eigenvalue weighted by molar-refractivity contribution is -0.154. The first kappa shape index (κ1) is 20.5. The average molecular weight is 434 g/mol. The second-order valence-corrected chi connectivity index (χ2v) is 8.96. The van der Waals surface area contributed by atoms with Crippen LogP contribution in [0.2, 0.25) is 0 Å². The van der Waals surface area contributed by atoms with Crippen molar-refractivity contribution in [1.29, 1.82) is 0 Å². The van der Waals surface area contributed by atoms with Gasteiger partial charge >= 0.3 is 12.1 Å². The van der Waals surface area contributed by atoms with Crippen molar-refractivity contribution in [3.63, 3.8) is 0 Å². The molecule has 0 aromatic heterocycles. The van der Waals surface area contributed by atoms with E-state index < -0.39 is 18.0 Å². The molecule has 1 heterocycles. The van der Waals surface area contributed by atoms with Crippen LogP contribution in [0, 0.1) is 11.8 Å². The molecule has 2 aromatic carbocycles. The summed E-state index contributed by atoms with van der Waals surface area (Å²) in [6, 6.07) is 16.3. The van der Waals surface area contributed by atoms with Gasteiger partial charge in [0.2, 0.25) is 5.91 Å². The third kappa shape index (κ3) is 3.72. The van der Waals surface area contributed by atoms with Crippen molar-refractivity contribution < 1.29 is 24.2 Å². The van der Waals surface area contributed by atoms with Crippen molar-refractivity contribution in [1.82, 2.24) is 10.2 Å². The lowest BCUT2D eigenvalue weighted by atomic mass is 9.96. The van der Waals surface area contributed by atoms with Crippen LogP contribution in [0.25, 0.3) is 11.1 Å². The fraction of sp³-hybridized carbons (Fsp3) is 0.400. The highest BCUT2D eigenvalue weighted by atomic mass is 16.5. The number of likely N-dealkylation sites (tertiary alicyclic amines) is 1. The zero-order chi connectivity index (χ0) is 22.2. The van der Waals surface area contributed by atoms with Crippen molar-refractivity contribution in [3.8, 4) is 11.1 Å². The van der Waals surface area contributed by atoms with Crippen LogP contribution in [-0.4, -0.2) is 53.7 Å². The smallest absolute Gasteiger partial charge is 0.407 e. The number of ether oxygens (including phenoxy) is 1. The fourth-order valence-corrected chi connectivity index (χ4v) is 5.22. The predicted molar refractivity (Wildman–Crippen MR) is 117 cm³/mol. The number of nitrogens with zero attached hydrogens (tertiary/aromatic N) is 1. The van der Waals surface area contributed by atoms with Crippen LogP contribution in [0.3, 0.4) is 0 Å². The molecule has 2 atom stereocenters. The number of hydrogen-bond acceptors (Lipinski definition) is 4. The molecule has 0 spiro atoms. The van der Waals surface area contributed by atoms with Gasteiger partial charge in [-0.2, -0.15) is 0 Å². The maximum absolute atomic E-state index is 12.5. The van der Waals surface area contributed by atoms with Crippen molar-refractivity contribution in [2.75, 3.05) is 19.7 Å². The SMILES string of the molecule is O=C(N[C@H]1CC[C@@H](C(=O)N2CC(C(=O)O)C2)C1)OCC1c2ccccc2-c2ccccc21. The molecule has 2 fully saturated rings. The van der Waals surface area contributed by atoms with Crippen LogP contribution in [0.5, 0.6) is 0 Å². The highest BCUT2D eigenvalue weighted by Crippen LogP contribution is 2.44. The Balaban J connectivity index is 1.13. The summed E-state index contributed by atoms with van der Waals surface area (Å²) in [4.78, 5) is 37.6. The van der Waals surface area contributed by atoms with Gasteiger partial charge in [-0.15, -0.1) is 0 Å². The first-order valence-electron chi connectivity index (χ1n) is 11.1. The highest BCUT2D eigenvalue weighted by Gasteiger charge is 2.41. The summed E-state index contributed by atoms with van der Waals surface area (Å²) in [7, 11) is 0. The number of nitrogens with one attached hydrogen (secondary N) is 1. The van der Waals surface area contributed by atoms with Gasteiger partial charge in [0.1, 0.15) is 6.61 Å². The summed E-state index contributed by atoms with van der Waals surface area (Å²) >= 11 is 0. The molecule has 1 saturated carbocycles. The molecule has 5 rings (SSSR count). The van der Waals surface area contributed by atoms with E-state index in [1.54, 1.807) is 4.90 Å². The van der Waals surface area contributed by atoms with E-state index in [9.17, 15) is 14.4 Å². The molecule has 166 valence electrons. The van der Waals surface area contributed by atoms with Crippen molar-refractivity contribution in [3.05, 3.63) is 59.7 Å². The number of carbonyl (C=O) groups is 3. The van der Waals surface area contributed by atoms with Gasteiger partial charge in [0.05, 0.1) is 5.92 Å². The van der Waals surface area contributed by atoms with E-state index >= 15 is 0 Å². The molecule has 1 saturated heterocycles. The Bertz CT molecular complexity index is 1020. The van der Waals surface area contributed by atoms with Crippen LogP contribution in [0.15, 0.2) is 48.5 Å². The third-order valence-electron chi connectivity index (χ3n) is 6.99. The van der Waals surface area contributed by atoms with Gasteiger partial charge in [-0.3, -0.25) is 9.59 Å². The van der Waals surface area contributed by atoms with Gasteiger partial charge in [-0.25, -0.2) is 4.79 Å². The molecule has 7 nitrogen and oxygen atoms in total. The molecule has 1 aliphatic heterocycles. The normalized spacial score (nSPS) is 22.1. The van der Waals surface area contributed by atoms with Gasteiger partial charge in [0.15, 0.2) is 0 Å². The summed E-state index contributed by atoms with van der Waals surface area (Å²) in [5.41, 5.74) is 4.71. The van der Waals surface area contributed by atoms with E-state index in [1.165, 1.54) is 22.3 Å². The Labute approximate surface area is 186 Å². The predicted octanol–water partition coefficient (Wildman–Crippen LogP) is 3.24. The molecule has 3 aliphatic rings. The number of benzene rings is 2. The molecule has 2 aliphatic carbocycles. The van der Waals surface area contributed by atoms with Crippen LogP contribution in [0.4, 0.5) is 4.79 Å². The minimum atomic E-state index is -0.852. The molecule has 0 unspecified atom stereocenters. The summed E-state index contributed by atoms with van der Waals surface area (Å²) < 4.78 is 5.61. The number of rotatable bonds is 5. The van der Waals surface area contributed by atoms with E-state index in [0.717, 1.165) is 6.42 Å². The monoisotopic (exact) mass is 434 g/mol. The molecule has 0 bridgehead atoms.